The number of methoxy groups -OCH3 is 1. The second-order valence-electron chi connectivity index (χ2n) is 14.1. The maximum Gasteiger partial charge on any atom is 0.342 e. The van der Waals surface area contributed by atoms with E-state index in [1.807, 2.05) is 19.9 Å². The fourth-order valence-electron chi connectivity index (χ4n) is 4.90. The fraction of sp³-hybridized carbons (Fsp3) is 0.636. The third-order valence-electron chi connectivity index (χ3n) is 7.85. The normalized spacial score (nSPS) is 14.8. The van der Waals surface area contributed by atoms with Crippen molar-refractivity contribution in [2.45, 2.75) is 91.1 Å². The lowest BCUT2D eigenvalue weighted by atomic mass is 9.93. The van der Waals surface area contributed by atoms with Crippen molar-refractivity contribution in [3.05, 3.63) is 46.1 Å². The lowest BCUT2D eigenvalue weighted by Crippen LogP contribution is -2.25. The molecule has 1 aliphatic rings. The Balaban J connectivity index is 2.36. The highest BCUT2D eigenvalue weighted by Gasteiger charge is 2.33. The summed E-state index contributed by atoms with van der Waals surface area (Å²) in [5.41, 5.74) is 3.96. The zero-order valence-electron chi connectivity index (χ0n) is 29.3. The van der Waals surface area contributed by atoms with Crippen molar-refractivity contribution in [3.8, 4) is 11.5 Å². The Kier molecular flexibility index (Phi) is 14.8. The molecule has 0 saturated carbocycles. The molecule has 0 spiro atoms. The molecule has 1 aromatic carbocycles. The van der Waals surface area contributed by atoms with Crippen LogP contribution in [0.3, 0.4) is 0 Å². The standard InChI is InChI=1S/C33H55O9PSi2/c1-24(22-26(32(34)41-18-21-45(9,10)11)14-12-13-19-43(36,38-4)39-5)15-16-27-30(37-3)25(2)28-23-42-33(35)29(28)31(27)40-17-20-44(6,7)8/h12-13,15,26H,14,16-23H2,1-11H3/b13-12+,24-15+. The van der Waals surface area contributed by atoms with Crippen LogP contribution in [0.2, 0.25) is 51.4 Å². The first kappa shape index (κ1) is 39.0. The van der Waals surface area contributed by atoms with E-state index in [1.54, 1.807) is 13.2 Å². The highest BCUT2D eigenvalue weighted by atomic mass is 31.2. The van der Waals surface area contributed by atoms with Crippen molar-refractivity contribution in [1.82, 2.24) is 0 Å². The molecule has 254 valence electrons. The molecule has 45 heavy (non-hydrogen) atoms. The maximum atomic E-state index is 13.2. The van der Waals surface area contributed by atoms with Crippen molar-refractivity contribution in [1.29, 1.82) is 0 Å². The smallest absolute Gasteiger partial charge is 0.342 e. The molecule has 1 aliphatic heterocycles. The molecular formula is C33H55O9PSi2. The van der Waals surface area contributed by atoms with Crippen LogP contribution >= 0.6 is 7.60 Å². The van der Waals surface area contributed by atoms with Crippen LogP contribution in [0, 0.1) is 12.8 Å². The molecule has 0 aromatic heterocycles. The number of esters is 2. The summed E-state index contributed by atoms with van der Waals surface area (Å²) in [6.45, 7) is 18.6. The SMILES string of the molecule is COc1c(C)c2c(c(OCC[Si](C)(C)C)c1C/C=C(\C)CC(C/C=C/CP(=O)(OC)OC)C(=O)OCC[Si](C)(C)C)C(=O)OC2. The third-order valence-corrected chi connectivity index (χ3v) is 13.0. The number of allylic oxidation sites excluding steroid dienone is 4. The molecule has 12 heteroatoms. The van der Waals surface area contributed by atoms with Crippen molar-refractivity contribution >= 4 is 35.7 Å². The Morgan fingerprint density at radius 3 is 2.18 bits per heavy atom. The zero-order chi connectivity index (χ0) is 34.0. The summed E-state index contributed by atoms with van der Waals surface area (Å²) >= 11 is 0. The van der Waals surface area contributed by atoms with E-state index >= 15 is 0 Å². The van der Waals surface area contributed by atoms with Crippen LogP contribution in [-0.4, -0.2) is 68.8 Å². The first-order valence-electron chi connectivity index (χ1n) is 15.6. The van der Waals surface area contributed by atoms with Gasteiger partial charge in [-0.25, -0.2) is 4.79 Å². The number of hydrogen-bond donors (Lipinski definition) is 0. The molecule has 2 rings (SSSR count). The minimum Gasteiger partial charge on any atom is -0.496 e. The molecule has 1 heterocycles. The van der Waals surface area contributed by atoms with Gasteiger partial charge in [0.15, 0.2) is 0 Å². The monoisotopic (exact) mass is 682 g/mol. The highest BCUT2D eigenvalue weighted by molar-refractivity contribution is 7.54. The number of hydrogen-bond acceptors (Lipinski definition) is 9. The molecule has 1 unspecified atom stereocenters. The van der Waals surface area contributed by atoms with Crippen molar-refractivity contribution < 1.29 is 42.1 Å². The second kappa shape index (κ2) is 17.1. The van der Waals surface area contributed by atoms with Gasteiger partial charge in [0.2, 0.25) is 0 Å². The second-order valence-corrected chi connectivity index (χ2v) is 27.6. The van der Waals surface area contributed by atoms with Crippen LogP contribution < -0.4 is 9.47 Å². The maximum absolute atomic E-state index is 13.2. The number of carbonyl (C=O) groups is 2. The van der Waals surface area contributed by atoms with Gasteiger partial charge in [0.05, 0.1) is 32.4 Å². The number of ether oxygens (including phenoxy) is 4. The van der Waals surface area contributed by atoms with Crippen LogP contribution in [0.15, 0.2) is 23.8 Å². The molecule has 0 amide bonds. The average Bonchev–Trinajstić information content (AvgIpc) is 3.34. The van der Waals surface area contributed by atoms with Gasteiger partial charge in [-0.1, -0.05) is 63.1 Å². The summed E-state index contributed by atoms with van der Waals surface area (Å²) in [5, 5.41) is 0. The van der Waals surface area contributed by atoms with Gasteiger partial charge in [-0.3, -0.25) is 9.36 Å². The van der Waals surface area contributed by atoms with Gasteiger partial charge in [0.25, 0.3) is 0 Å². The van der Waals surface area contributed by atoms with E-state index in [1.165, 1.54) is 14.2 Å². The predicted molar refractivity (Wildman–Crippen MR) is 185 cm³/mol. The first-order valence-corrected chi connectivity index (χ1v) is 24.8. The lowest BCUT2D eigenvalue weighted by Gasteiger charge is -2.22. The number of carbonyl (C=O) groups excluding carboxylic acids is 2. The molecule has 0 aliphatic carbocycles. The van der Waals surface area contributed by atoms with Crippen LogP contribution in [0.4, 0.5) is 0 Å². The summed E-state index contributed by atoms with van der Waals surface area (Å²) in [7, 11) is -1.59. The number of cyclic esters (lactones) is 1. The van der Waals surface area contributed by atoms with Gasteiger partial charge >= 0.3 is 19.5 Å². The Morgan fingerprint density at radius 2 is 1.60 bits per heavy atom. The van der Waals surface area contributed by atoms with E-state index in [-0.39, 0.29) is 24.7 Å². The molecule has 9 nitrogen and oxygen atoms in total. The van der Waals surface area contributed by atoms with Crippen LogP contribution in [0.5, 0.6) is 11.5 Å². The van der Waals surface area contributed by atoms with E-state index in [9.17, 15) is 14.2 Å². The summed E-state index contributed by atoms with van der Waals surface area (Å²) < 4.78 is 45.8. The Labute approximate surface area is 272 Å². The van der Waals surface area contributed by atoms with Gasteiger partial charge in [-0.05, 0) is 50.8 Å². The van der Waals surface area contributed by atoms with E-state index < -0.39 is 29.7 Å². The van der Waals surface area contributed by atoms with Gasteiger partial charge in [-0.2, -0.15) is 0 Å². The van der Waals surface area contributed by atoms with E-state index in [2.05, 4.69) is 45.4 Å². The van der Waals surface area contributed by atoms with Crippen molar-refractivity contribution in [2.24, 2.45) is 5.92 Å². The minimum absolute atomic E-state index is 0.118. The minimum atomic E-state index is -3.18. The van der Waals surface area contributed by atoms with Gasteiger partial charge < -0.3 is 28.0 Å². The highest BCUT2D eigenvalue weighted by Crippen LogP contribution is 2.46. The molecule has 0 bridgehead atoms. The molecule has 0 saturated heterocycles. The lowest BCUT2D eigenvalue weighted by molar-refractivity contribution is -0.147. The van der Waals surface area contributed by atoms with E-state index in [4.69, 9.17) is 28.0 Å². The number of rotatable bonds is 19. The average molecular weight is 683 g/mol. The molecule has 0 N–H and O–H groups in total. The summed E-state index contributed by atoms with van der Waals surface area (Å²) in [6.07, 6.45) is 7.10. The Morgan fingerprint density at radius 1 is 0.978 bits per heavy atom. The topological polar surface area (TPSA) is 107 Å². The van der Waals surface area contributed by atoms with Crippen LogP contribution in [-0.2, 0) is 40.9 Å². The van der Waals surface area contributed by atoms with E-state index in [0.29, 0.717) is 49.5 Å². The van der Waals surface area contributed by atoms with Crippen molar-refractivity contribution in [2.75, 3.05) is 40.7 Å². The largest absolute Gasteiger partial charge is 0.496 e. The third kappa shape index (κ3) is 12.2. The van der Waals surface area contributed by atoms with Gasteiger partial charge in [0.1, 0.15) is 23.7 Å². The number of benzene rings is 1. The fourth-order valence-corrected chi connectivity index (χ4v) is 7.19. The quantitative estimate of drug-likeness (QED) is 0.0618. The summed E-state index contributed by atoms with van der Waals surface area (Å²) in [5.74, 6) is 0.166. The summed E-state index contributed by atoms with van der Waals surface area (Å²) in [4.78, 5) is 26.1. The van der Waals surface area contributed by atoms with Gasteiger partial charge in [-0.15, -0.1) is 0 Å². The zero-order valence-corrected chi connectivity index (χ0v) is 32.2. The van der Waals surface area contributed by atoms with Crippen molar-refractivity contribution in [3.63, 3.8) is 0 Å². The molecule has 0 radical (unpaired) electrons. The Hall–Kier alpha value is -2.18. The molecule has 1 atom stereocenters. The molecular weight excluding hydrogens is 628 g/mol. The first-order chi connectivity index (χ1) is 20.9. The Bertz CT molecular complexity index is 1280. The van der Waals surface area contributed by atoms with Gasteiger partial charge in [0, 0.05) is 41.5 Å². The predicted octanol–water partition coefficient (Wildman–Crippen LogP) is 8.20. The van der Waals surface area contributed by atoms with Crippen LogP contribution in [0.25, 0.3) is 0 Å². The van der Waals surface area contributed by atoms with E-state index in [0.717, 1.165) is 34.4 Å². The summed E-state index contributed by atoms with van der Waals surface area (Å²) in [6, 6.07) is 1.84. The molecule has 0 fully saturated rings. The van der Waals surface area contributed by atoms with Crippen LogP contribution in [0.1, 0.15) is 46.8 Å². The number of fused-ring (bicyclic) bond motifs is 1. The molecule has 1 aromatic rings.